The molecule has 0 amide bonds. The monoisotopic (exact) mass is 274 g/mol. The Morgan fingerprint density at radius 2 is 2.10 bits per heavy atom. The SMILES string of the molecule is CCc1nnc(N2CCCC(C)(O)C2)c(C#N)c1CC. The number of aromatic nitrogens is 2. The predicted octanol–water partition coefficient (Wildman–Crippen LogP) is 1.82. The molecule has 20 heavy (non-hydrogen) atoms. The maximum absolute atomic E-state index is 10.2. The highest BCUT2D eigenvalue weighted by molar-refractivity contribution is 5.58. The topological polar surface area (TPSA) is 73.0 Å². The van der Waals surface area contributed by atoms with Crippen LogP contribution in [0.3, 0.4) is 0 Å². The van der Waals surface area contributed by atoms with Crippen LogP contribution >= 0.6 is 0 Å². The lowest BCUT2D eigenvalue weighted by Gasteiger charge is -2.37. The summed E-state index contributed by atoms with van der Waals surface area (Å²) in [5.74, 6) is 0.626. The molecule has 0 aliphatic carbocycles. The number of nitrogens with zero attached hydrogens (tertiary/aromatic N) is 4. The second kappa shape index (κ2) is 5.76. The van der Waals surface area contributed by atoms with Crippen molar-refractivity contribution in [3.8, 4) is 6.07 Å². The Hall–Kier alpha value is -1.67. The summed E-state index contributed by atoms with van der Waals surface area (Å²) in [7, 11) is 0. The van der Waals surface area contributed by atoms with Gasteiger partial charge in [-0.25, -0.2) is 0 Å². The molecular weight excluding hydrogens is 252 g/mol. The summed E-state index contributed by atoms with van der Waals surface area (Å²) in [4.78, 5) is 1.99. The molecule has 0 saturated carbocycles. The molecule has 1 saturated heterocycles. The van der Waals surface area contributed by atoms with E-state index in [0.717, 1.165) is 43.5 Å². The molecule has 0 spiro atoms. The molecular formula is C15H22N4O. The number of anilines is 1. The molecule has 1 fully saturated rings. The van der Waals surface area contributed by atoms with Gasteiger partial charge in [0, 0.05) is 13.1 Å². The summed E-state index contributed by atoms with van der Waals surface area (Å²) in [6.45, 7) is 7.21. The van der Waals surface area contributed by atoms with Crippen molar-refractivity contribution in [2.75, 3.05) is 18.0 Å². The quantitative estimate of drug-likeness (QED) is 0.910. The van der Waals surface area contributed by atoms with Gasteiger partial charge in [-0.3, -0.25) is 0 Å². The van der Waals surface area contributed by atoms with Crippen LogP contribution in [0.1, 0.15) is 50.4 Å². The first-order valence-corrected chi connectivity index (χ1v) is 7.28. The molecule has 2 heterocycles. The Kier molecular flexibility index (Phi) is 4.24. The summed E-state index contributed by atoms with van der Waals surface area (Å²) in [5, 5.41) is 28.3. The molecule has 1 aliphatic heterocycles. The number of β-amino-alcohol motifs (C(OH)–C–C–N with tert-alkyl or cyclic N) is 1. The molecule has 0 radical (unpaired) electrons. The zero-order chi connectivity index (χ0) is 14.8. The second-order valence-electron chi connectivity index (χ2n) is 5.66. The number of piperidine rings is 1. The van der Waals surface area contributed by atoms with E-state index in [0.29, 0.717) is 17.9 Å². The average Bonchev–Trinajstić information content (AvgIpc) is 2.44. The summed E-state index contributed by atoms with van der Waals surface area (Å²) >= 11 is 0. The van der Waals surface area contributed by atoms with Gasteiger partial charge in [0.1, 0.15) is 11.6 Å². The zero-order valence-corrected chi connectivity index (χ0v) is 12.5. The van der Waals surface area contributed by atoms with Gasteiger partial charge in [-0.1, -0.05) is 13.8 Å². The normalized spacial score (nSPS) is 22.6. The summed E-state index contributed by atoms with van der Waals surface area (Å²) < 4.78 is 0. The van der Waals surface area contributed by atoms with Crippen molar-refractivity contribution in [1.82, 2.24) is 10.2 Å². The first-order chi connectivity index (χ1) is 9.52. The maximum Gasteiger partial charge on any atom is 0.169 e. The van der Waals surface area contributed by atoms with Crippen molar-refractivity contribution in [3.05, 3.63) is 16.8 Å². The highest BCUT2D eigenvalue weighted by atomic mass is 16.3. The number of aryl methyl sites for hydroxylation is 1. The van der Waals surface area contributed by atoms with E-state index in [1.165, 1.54) is 0 Å². The third kappa shape index (κ3) is 2.75. The van der Waals surface area contributed by atoms with Crippen molar-refractivity contribution in [3.63, 3.8) is 0 Å². The molecule has 5 heteroatoms. The minimum atomic E-state index is -0.720. The fourth-order valence-electron chi connectivity index (χ4n) is 2.90. The van der Waals surface area contributed by atoms with Crippen LogP contribution in [0, 0.1) is 11.3 Å². The molecule has 5 nitrogen and oxygen atoms in total. The van der Waals surface area contributed by atoms with E-state index in [1.807, 2.05) is 25.7 Å². The van der Waals surface area contributed by atoms with Gasteiger partial charge in [0.25, 0.3) is 0 Å². The van der Waals surface area contributed by atoms with Crippen molar-refractivity contribution in [2.24, 2.45) is 0 Å². The van der Waals surface area contributed by atoms with Crippen LogP contribution in [0.15, 0.2) is 0 Å². The van der Waals surface area contributed by atoms with E-state index in [1.54, 1.807) is 0 Å². The number of nitriles is 1. The Morgan fingerprint density at radius 1 is 1.35 bits per heavy atom. The minimum absolute atomic E-state index is 0.505. The van der Waals surface area contributed by atoms with Crippen LogP contribution in [0.5, 0.6) is 0 Å². The fraction of sp³-hybridized carbons (Fsp3) is 0.667. The predicted molar refractivity (Wildman–Crippen MR) is 77.6 cm³/mol. The Morgan fingerprint density at radius 3 is 2.65 bits per heavy atom. The maximum atomic E-state index is 10.2. The average molecular weight is 274 g/mol. The van der Waals surface area contributed by atoms with Crippen molar-refractivity contribution in [2.45, 2.75) is 52.1 Å². The van der Waals surface area contributed by atoms with Gasteiger partial charge in [0.05, 0.1) is 11.3 Å². The van der Waals surface area contributed by atoms with Crippen LogP contribution in [0.4, 0.5) is 5.82 Å². The van der Waals surface area contributed by atoms with Crippen LogP contribution in [-0.4, -0.2) is 34.0 Å². The van der Waals surface area contributed by atoms with E-state index >= 15 is 0 Å². The van der Waals surface area contributed by atoms with E-state index in [9.17, 15) is 10.4 Å². The van der Waals surface area contributed by atoms with E-state index < -0.39 is 5.60 Å². The van der Waals surface area contributed by atoms with Gasteiger partial charge in [-0.05, 0) is 38.2 Å². The van der Waals surface area contributed by atoms with E-state index in [2.05, 4.69) is 16.3 Å². The molecule has 1 aliphatic rings. The van der Waals surface area contributed by atoms with Gasteiger partial charge in [-0.15, -0.1) is 5.10 Å². The lowest BCUT2D eigenvalue weighted by atomic mass is 9.94. The van der Waals surface area contributed by atoms with Gasteiger partial charge in [-0.2, -0.15) is 10.4 Å². The molecule has 0 aromatic carbocycles. The van der Waals surface area contributed by atoms with Crippen molar-refractivity contribution < 1.29 is 5.11 Å². The second-order valence-corrected chi connectivity index (χ2v) is 5.66. The standard InChI is InChI=1S/C15H22N4O/c1-4-11-12(9-16)14(18-17-13(11)5-2)19-8-6-7-15(3,20)10-19/h20H,4-8,10H2,1-3H3. The third-order valence-electron chi connectivity index (χ3n) is 3.91. The van der Waals surface area contributed by atoms with Crippen molar-refractivity contribution >= 4 is 5.82 Å². The van der Waals surface area contributed by atoms with E-state index in [-0.39, 0.29) is 0 Å². The Balaban J connectivity index is 2.44. The Bertz CT molecular complexity index is 533. The molecule has 0 bridgehead atoms. The van der Waals surface area contributed by atoms with Crippen molar-refractivity contribution in [1.29, 1.82) is 5.26 Å². The highest BCUT2D eigenvalue weighted by Gasteiger charge is 2.31. The summed E-state index contributed by atoms with van der Waals surface area (Å²) in [5.41, 5.74) is 1.79. The number of aliphatic hydroxyl groups is 1. The molecule has 1 atom stereocenters. The number of rotatable bonds is 3. The molecule has 1 unspecified atom stereocenters. The number of hydrogen-bond donors (Lipinski definition) is 1. The molecule has 108 valence electrons. The molecule has 1 N–H and O–H groups in total. The van der Waals surface area contributed by atoms with Crippen LogP contribution < -0.4 is 4.90 Å². The fourth-order valence-corrected chi connectivity index (χ4v) is 2.90. The van der Waals surface area contributed by atoms with Gasteiger partial charge in [0.2, 0.25) is 0 Å². The first-order valence-electron chi connectivity index (χ1n) is 7.28. The van der Waals surface area contributed by atoms with Gasteiger partial charge < -0.3 is 10.0 Å². The Labute approximate surface area is 120 Å². The smallest absolute Gasteiger partial charge is 0.169 e. The van der Waals surface area contributed by atoms with Gasteiger partial charge in [0.15, 0.2) is 5.82 Å². The van der Waals surface area contributed by atoms with Crippen LogP contribution in [0.25, 0.3) is 0 Å². The molecule has 1 aromatic heterocycles. The lowest BCUT2D eigenvalue weighted by molar-refractivity contribution is 0.0446. The largest absolute Gasteiger partial charge is 0.388 e. The summed E-state index contributed by atoms with van der Waals surface area (Å²) in [6.07, 6.45) is 3.24. The number of hydrogen-bond acceptors (Lipinski definition) is 5. The highest BCUT2D eigenvalue weighted by Crippen LogP contribution is 2.28. The van der Waals surface area contributed by atoms with Crippen LogP contribution in [0.2, 0.25) is 0 Å². The third-order valence-corrected chi connectivity index (χ3v) is 3.91. The zero-order valence-electron chi connectivity index (χ0n) is 12.5. The summed E-state index contributed by atoms with van der Waals surface area (Å²) in [6, 6.07) is 2.29. The van der Waals surface area contributed by atoms with E-state index in [4.69, 9.17) is 0 Å². The van der Waals surface area contributed by atoms with Crippen LogP contribution in [-0.2, 0) is 12.8 Å². The lowest BCUT2D eigenvalue weighted by Crippen LogP contribution is -2.47. The molecule has 1 aromatic rings. The van der Waals surface area contributed by atoms with Gasteiger partial charge >= 0.3 is 0 Å². The first kappa shape index (κ1) is 14.7. The minimum Gasteiger partial charge on any atom is -0.388 e. The molecule has 2 rings (SSSR count).